The molecule has 0 aliphatic rings. The third-order valence-electron chi connectivity index (χ3n) is 2.19. The molecule has 1 N–H and O–H groups in total. The van der Waals surface area contributed by atoms with Crippen molar-refractivity contribution in [1.29, 1.82) is 0 Å². The monoisotopic (exact) mass is 232 g/mol. The van der Waals surface area contributed by atoms with Gasteiger partial charge in [0.25, 0.3) is 5.91 Å². The number of carbonyl (C=O) groups excluding carboxylic acids is 1. The van der Waals surface area contributed by atoms with Crippen molar-refractivity contribution in [3.63, 3.8) is 0 Å². The summed E-state index contributed by atoms with van der Waals surface area (Å²) >= 11 is 0. The number of ether oxygens (including phenoxy) is 1. The van der Waals surface area contributed by atoms with Crippen LogP contribution < -0.4 is 10.1 Å². The fourth-order valence-electron chi connectivity index (χ4n) is 1.38. The van der Waals surface area contributed by atoms with E-state index in [0.717, 1.165) is 0 Å². The summed E-state index contributed by atoms with van der Waals surface area (Å²) in [5.41, 5.74) is 0.865. The van der Waals surface area contributed by atoms with Gasteiger partial charge in [0.2, 0.25) is 0 Å². The van der Waals surface area contributed by atoms with Crippen LogP contribution in [0.2, 0.25) is 0 Å². The van der Waals surface area contributed by atoms with Gasteiger partial charge in [0.05, 0.1) is 19.0 Å². The van der Waals surface area contributed by atoms with Crippen LogP contribution in [0.5, 0.6) is 5.75 Å². The normalized spacial score (nSPS) is 10.0. The zero-order chi connectivity index (χ0) is 12.3. The lowest BCUT2D eigenvalue weighted by Gasteiger charge is -2.08. The third kappa shape index (κ3) is 2.41. The van der Waals surface area contributed by atoms with E-state index in [2.05, 4.69) is 15.5 Å². The van der Waals surface area contributed by atoms with Crippen molar-refractivity contribution >= 4 is 11.6 Å². The molecule has 0 bridgehead atoms. The van der Waals surface area contributed by atoms with Crippen LogP contribution >= 0.6 is 0 Å². The van der Waals surface area contributed by atoms with Gasteiger partial charge in [-0.15, -0.1) is 5.10 Å². The number of benzene rings is 1. The van der Waals surface area contributed by atoms with E-state index in [1.165, 1.54) is 11.0 Å². The van der Waals surface area contributed by atoms with Crippen molar-refractivity contribution in [2.75, 3.05) is 12.4 Å². The van der Waals surface area contributed by atoms with Gasteiger partial charge in [-0.1, -0.05) is 12.1 Å². The van der Waals surface area contributed by atoms with E-state index >= 15 is 0 Å². The fraction of sp³-hybridized carbons (Fsp3) is 0.182. The lowest BCUT2D eigenvalue weighted by atomic mass is 10.3. The number of hydrogen-bond donors (Lipinski definition) is 1. The molecule has 0 aliphatic carbocycles. The number of carbonyl (C=O) groups is 1. The lowest BCUT2D eigenvalue weighted by Crippen LogP contribution is -2.13. The van der Waals surface area contributed by atoms with Crippen LogP contribution in [-0.2, 0) is 7.05 Å². The topological polar surface area (TPSA) is 69.0 Å². The quantitative estimate of drug-likeness (QED) is 0.859. The number of amides is 1. The largest absolute Gasteiger partial charge is 0.495 e. The highest BCUT2D eigenvalue weighted by molar-refractivity contribution is 6.03. The Kier molecular flexibility index (Phi) is 3.04. The van der Waals surface area contributed by atoms with Crippen LogP contribution in [0.25, 0.3) is 0 Å². The van der Waals surface area contributed by atoms with E-state index in [-0.39, 0.29) is 11.6 Å². The van der Waals surface area contributed by atoms with Crippen LogP contribution in [-0.4, -0.2) is 28.0 Å². The maximum absolute atomic E-state index is 11.8. The molecule has 1 amide bonds. The van der Waals surface area contributed by atoms with Crippen LogP contribution in [0.4, 0.5) is 5.69 Å². The number of aromatic nitrogens is 3. The van der Waals surface area contributed by atoms with Crippen molar-refractivity contribution in [1.82, 2.24) is 15.0 Å². The molecule has 1 aromatic carbocycles. The van der Waals surface area contributed by atoms with Crippen molar-refractivity contribution < 1.29 is 9.53 Å². The van der Waals surface area contributed by atoms with Gasteiger partial charge in [-0.2, -0.15) is 9.90 Å². The Hall–Kier alpha value is -2.37. The SMILES string of the molecule is COc1ccccc1NC(=O)c1cnn(C)n1. The summed E-state index contributed by atoms with van der Waals surface area (Å²) in [6.45, 7) is 0. The summed E-state index contributed by atoms with van der Waals surface area (Å²) in [6.07, 6.45) is 1.41. The van der Waals surface area contributed by atoms with Gasteiger partial charge >= 0.3 is 0 Å². The molecule has 0 fully saturated rings. The Morgan fingerprint density at radius 2 is 2.18 bits per heavy atom. The Morgan fingerprint density at radius 3 is 2.82 bits per heavy atom. The Bertz CT molecular complexity index is 536. The van der Waals surface area contributed by atoms with Crippen molar-refractivity contribution in [2.45, 2.75) is 0 Å². The predicted molar refractivity (Wildman–Crippen MR) is 62.0 cm³/mol. The molecule has 2 rings (SSSR count). The first-order valence-electron chi connectivity index (χ1n) is 5.01. The average molecular weight is 232 g/mol. The van der Waals surface area contributed by atoms with E-state index < -0.39 is 0 Å². The van der Waals surface area contributed by atoms with E-state index in [4.69, 9.17) is 4.74 Å². The first-order chi connectivity index (χ1) is 8.20. The predicted octanol–water partition coefficient (Wildman–Crippen LogP) is 1.08. The minimum absolute atomic E-state index is 0.262. The number of hydrogen-bond acceptors (Lipinski definition) is 4. The molecule has 0 saturated carbocycles. The summed E-state index contributed by atoms with van der Waals surface area (Å²) in [4.78, 5) is 13.1. The molecule has 1 heterocycles. The highest BCUT2D eigenvalue weighted by Crippen LogP contribution is 2.23. The maximum atomic E-state index is 11.8. The Labute approximate surface area is 98.2 Å². The van der Waals surface area contributed by atoms with E-state index in [9.17, 15) is 4.79 Å². The first-order valence-corrected chi connectivity index (χ1v) is 5.01. The summed E-state index contributed by atoms with van der Waals surface area (Å²) in [6, 6.07) is 7.17. The number of rotatable bonds is 3. The second-order valence-corrected chi connectivity index (χ2v) is 3.37. The molecule has 0 aliphatic heterocycles. The molecule has 0 saturated heterocycles. The third-order valence-corrected chi connectivity index (χ3v) is 2.19. The summed E-state index contributed by atoms with van der Waals surface area (Å²) in [5.74, 6) is 0.285. The first kappa shape index (κ1) is 11.1. The van der Waals surface area contributed by atoms with Crippen LogP contribution in [0.1, 0.15) is 10.5 Å². The maximum Gasteiger partial charge on any atom is 0.277 e. The van der Waals surface area contributed by atoms with E-state index in [1.807, 2.05) is 12.1 Å². The second-order valence-electron chi connectivity index (χ2n) is 3.37. The molecule has 88 valence electrons. The minimum atomic E-state index is -0.317. The number of nitrogens with zero attached hydrogens (tertiary/aromatic N) is 3. The molecular formula is C11H12N4O2. The molecule has 1 aromatic heterocycles. The van der Waals surface area contributed by atoms with Gasteiger partial charge in [0, 0.05) is 7.05 Å². The van der Waals surface area contributed by atoms with Gasteiger partial charge in [0.1, 0.15) is 5.75 Å². The van der Waals surface area contributed by atoms with Crippen molar-refractivity contribution in [3.05, 3.63) is 36.2 Å². The molecule has 0 spiro atoms. The zero-order valence-corrected chi connectivity index (χ0v) is 9.54. The highest BCUT2D eigenvalue weighted by Gasteiger charge is 2.12. The number of aryl methyl sites for hydroxylation is 1. The van der Waals surface area contributed by atoms with E-state index in [0.29, 0.717) is 11.4 Å². The molecular weight excluding hydrogens is 220 g/mol. The highest BCUT2D eigenvalue weighted by atomic mass is 16.5. The van der Waals surface area contributed by atoms with Crippen molar-refractivity contribution in [3.8, 4) is 5.75 Å². The number of nitrogens with one attached hydrogen (secondary N) is 1. The standard InChI is InChI=1S/C11H12N4O2/c1-15-12-7-9(14-15)11(16)13-8-5-3-4-6-10(8)17-2/h3-7H,1-2H3,(H,13,16). The smallest absolute Gasteiger partial charge is 0.277 e. The molecule has 0 unspecified atom stereocenters. The fourth-order valence-corrected chi connectivity index (χ4v) is 1.38. The second kappa shape index (κ2) is 4.65. The molecule has 0 radical (unpaired) electrons. The Morgan fingerprint density at radius 1 is 1.41 bits per heavy atom. The molecule has 6 heteroatoms. The van der Waals surface area contributed by atoms with E-state index in [1.54, 1.807) is 26.3 Å². The number of methoxy groups -OCH3 is 1. The van der Waals surface area contributed by atoms with Crippen molar-refractivity contribution in [2.24, 2.45) is 7.05 Å². The zero-order valence-electron chi connectivity index (χ0n) is 9.54. The average Bonchev–Trinajstić information content (AvgIpc) is 2.77. The van der Waals surface area contributed by atoms with Gasteiger partial charge in [-0.25, -0.2) is 0 Å². The molecule has 0 atom stereocenters. The number of anilines is 1. The Balaban J connectivity index is 2.18. The van der Waals surface area contributed by atoms with Gasteiger partial charge in [0.15, 0.2) is 5.69 Å². The molecule has 2 aromatic rings. The summed E-state index contributed by atoms with van der Waals surface area (Å²) < 4.78 is 5.13. The summed E-state index contributed by atoms with van der Waals surface area (Å²) in [7, 11) is 3.20. The molecule has 17 heavy (non-hydrogen) atoms. The number of para-hydroxylation sites is 2. The van der Waals surface area contributed by atoms with Crippen LogP contribution in [0.15, 0.2) is 30.5 Å². The van der Waals surface area contributed by atoms with Gasteiger partial charge in [-0.05, 0) is 12.1 Å². The minimum Gasteiger partial charge on any atom is -0.495 e. The molecule has 6 nitrogen and oxygen atoms in total. The summed E-state index contributed by atoms with van der Waals surface area (Å²) in [5, 5.41) is 10.5. The van der Waals surface area contributed by atoms with Crippen LogP contribution in [0, 0.1) is 0 Å². The lowest BCUT2D eigenvalue weighted by molar-refractivity contribution is 0.102. The van der Waals surface area contributed by atoms with Gasteiger partial charge in [-0.3, -0.25) is 4.79 Å². The van der Waals surface area contributed by atoms with Gasteiger partial charge < -0.3 is 10.1 Å². The van der Waals surface area contributed by atoms with Crippen LogP contribution in [0.3, 0.4) is 0 Å².